The van der Waals surface area contributed by atoms with Gasteiger partial charge in [0.1, 0.15) is 5.82 Å². The van der Waals surface area contributed by atoms with Crippen molar-refractivity contribution < 1.29 is 4.39 Å². The molecule has 0 aliphatic carbocycles. The van der Waals surface area contributed by atoms with E-state index in [1.54, 1.807) is 12.1 Å². The molecule has 2 heterocycles. The first-order valence-electron chi connectivity index (χ1n) is 8.69. The molecule has 0 unspecified atom stereocenters. The van der Waals surface area contributed by atoms with Gasteiger partial charge in [0, 0.05) is 23.8 Å². The maximum Gasteiger partial charge on any atom is 0.124 e. The fourth-order valence-electron chi connectivity index (χ4n) is 3.43. The van der Waals surface area contributed by atoms with Crippen molar-refractivity contribution in [3.8, 4) is 0 Å². The van der Waals surface area contributed by atoms with Crippen molar-refractivity contribution in [2.45, 2.75) is 26.3 Å². The van der Waals surface area contributed by atoms with E-state index < -0.39 is 0 Å². The summed E-state index contributed by atoms with van der Waals surface area (Å²) in [7, 11) is 2.13. The SMILES string of the molecule is Cc1ccc2c(c1)N=C(C1=C[C@H](C)N(C)CC1)c1cc(F)ccc1N2. The number of nitrogens with zero attached hydrogens (tertiary/aromatic N) is 2. The van der Waals surface area contributed by atoms with Crippen LogP contribution in [0, 0.1) is 12.7 Å². The molecule has 1 atom stereocenters. The van der Waals surface area contributed by atoms with Crippen molar-refractivity contribution in [3.05, 3.63) is 65.0 Å². The zero-order valence-electron chi connectivity index (χ0n) is 14.8. The first kappa shape index (κ1) is 16.0. The molecule has 4 heteroatoms. The standard InChI is InChI=1S/C21H22FN3/c1-13-4-6-19-20(10-13)24-21(15-8-9-25(3)14(2)11-15)17-12-16(22)5-7-18(17)23-19/h4-7,10-12,14,23H,8-9H2,1-3H3/t14-/m0/s1. The summed E-state index contributed by atoms with van der Waals surface area (Å²) in [5, 5.41) is 3.43. The normalized spacial score (nSPS) is 19.9. The fraction of sp³-hybridized carbons (Fsp3) is 0.286. The minimum absolute atomic E-state index is 0.239. The molecule has 0 spiro atoms. The van der Waals surface area contributed by atoms with Gasteiger partial charge in [-0.3, -0.25) is 4.90 Å². The van der Waals surface area contributed by atoms with Crippen LogP contribution >= 0.6 is 0 Å². The number of nitrogens with one attached hydrogen (secondary N) is 1. The maximum absolute atomic E-state index is 14.0. The van der Waals surface area contributed by atoms with Crippen LogP contribution in [0.25, 0.3) is 0 Å². The number of likely N-dealkylation sites (N-methyl/N-ethyl adjacent to an activating group) is 1. The van der Waals surface area contributed by atoms with Crippen molar-refractivity contribution in [1.29, 1.82) is 0 Å². The molecule has 25 heavy (non-hydrogen) atoms. The lowest BCUT2D eigenvalue weighted by Crippen LogP contribution is -2.33. The zero-order valence-corrected chi connectivity index (χ0v) is 14.8. The molecule has 1 N–H and O–H groups in total. The van der Waals surface area contributed by atoms with E-state index in [0.29, 0.717) is 6.04 Å². The molecule has 0 aromatic heterocycles. The molecule has 2 aromatic rings. The first-order chi connectivity index (χ1) is 12.0. The summed E-state index contributed by atoms with van der Waals surface area (Å²) in [6, 6.07) is 11.4. The quantitative estimate of drug-likeness (QED) is 0.797. The van der Waals surface area contributed by atoms with Crippen LogP contribution in [0.3, 0.4) is 0 Å². The van der Waals surface area contributed by atoms with E-state index in [4.69, 9.17) is 4.99 Å². The van der Waals surface area contributed by atoms with E-state index in [1.165, 1.54) is 11.6 Å². The molecular weight excluding hydrogens is 313 g/mol. The van der Waals surface area contributed by atoms with Gasteiger partial charge < -0.3 is 5.32 Å². The van der Waals surface area contributed by atoms with Crippen LogP contribution in [0.4, 0.5) is 21.5 Å². The third-order valence-corrected chi connectivity index (χ3v) is 5.07. The molecular formula is C21H22FN3. The first-order valence-corrected chi connectivity index (χ1v) is 8.69. The van der Waals surface area contributed by atoms with Gasteiger partial charge in [-0.15, -0.1) is 0 Å². The Morgan fingerprint density at radius 2 is 1.96 bits per heavy atom. The molecule has 0 saturated heterocycles. The van der Waals surface area contributed by atoms with Gasteiger partial charge in [0.05, 0.1) is 17.1 Å². The van der Waals surface area contributed by atoms with Crippen LogP contribution < -0.4 is 5.32 Å². The van der Waals surface area contributed by atoms with Crippen LogP contribution in [0.1, 0.15) is 24.5 Å². The van der Waals surface area contributed by atoms with E-state index in [2.05, 4.69) is 49.3 Å². The lowest BCUT2D eigenvalue weighted by molar-refractivity contribution is 0.288. The van der Waals surface area contributed by atoms with Gasteiger partial charge in [0.25, 0.3) is 0 Å². The summed E-state index contributed by atoms with van der Waals surface area (Å²) in [6.07, 6.45) is 3.16. The number of hydrogen-bond acceptors (Lipinski definition) is 3. The van der Waals surface area contributed by atoms with Crippen LogP contribution in [-0.4, -0.2) is 30.2 Å². The molecule has 3 nitrogen and oxygen atoms in total. The summed E-state index contributed by atoms with van der Waals surface area (Å²) in [5.74, 6) is -0.239. The highest BCUT2D eigenvalue weighted by Gasteiger charge is 2.24. The minimum Gasteiger partial charge on any atom is -0.353 e. The number of aliphatic imine (C=N–C) groups is 1. The van der Waals surface area contributed by atoms with Crippen LogP contribution in [0.5, 0.6) is 0 Å². The third-order valence-electron chi connectivity index (χ3n) is 5.07. The minimum atomic E-state index is -0.239. The summed E-state index contributed by atoms with van der Waals surface area (Å²) < 4.78 is 14.0. The second-order valence-electron chi connectivity index (χ2n) is 6.96. The van der Waals surface area contributed by atoms with E-state index in [1.807, 2.05) is 6.07 Å². The van der Waals surface area contributed by atoms with Crippen molar-refractivity contribution >= 4 is 22.8 Å². The Hall–Kier alpha value is -2.46. The number of anilines is 2. The van der Waals surface area contributed by atoms with Gasteiger partial charge in [-0.25, -0.2) is 9.38 Å². The summed E-state index contributed by atoms with van der Waals surface area (Å²) >= 11 is 0. The summed E-state index contributed by atoms with van der Waals surface area (Å²) in [5.41, 5.74) is 6.81. The smallest absolute Gasteiger partial charge is 0.124 e. The van der Waals surface area contributed by atoms with Gasteiger partial charge in [0.2, 0.25) is 0 Å². The molecule has 0 fully saturated rings. The van der Waals surface area contributed by atoms with Gasteiger partial charge >= 0.3 is 0 Å². The highest BCUT2D eigenvalue weighted by molar-refractivity contribution is 6.18. The van der Waals surface area contributed by atoms with E-state index in [9.17, 15) is 4.39 Å². The Bertz CT molecular complexity index is 898. The Labute approximate surface area is 147 Å². The Morgan fingerprint density at radius 3 is 2.76 bits per heavy atom. The molecule has 128 valence electrons. The maximum atomic E-state index is 14.0. The van der Waals surface area contributed by atoms with Gasteiger partial charge in [-0.05, 0) is 68.8 Å². The molecule has 4 rings (SSSR count). The third kappa shape index (κ3) is 2.98. The lowest BCUT2D eigenvalue weighted by Gasteiger charge is -2.29. The zero-order chi connectivity index (χ0) is 17.6. The molecule has 0 radical (unpaired) electrons. The van der Waals surface area contributed by atoms with Crippen molar-refractivity contribution in [1.82, 2.24) is 4.90 Å². The van der Waals surface area contributed by atoms with E-state index in [0.717, 1.165) is 46.9 Å². The monoisotopic (exact) mass is 335 g/mol. The molecule has 0 saturated carbocycles. The highest BCUT2D eigenvalue weighted by atomic mass is 19.1. The van der Waals surface area contributed by atoms with Crippen molar-refractivity contribution in [3.63, 3.8) is 0 Å². The largest absolute Gasteiger partial charge is 0.353 e. The number of aryl methyl sites for hydroxylation is 1. The number of hydrogen-bond donors (Lipinski definition) is 1. The summed E-state index contributed by atoms with van der Waals surface area (Å²) in [4.78, 5) is 7.28. The number of fused-ring (bicyclic) bond motifs is 2. The van der Waals surface area contributed by atoms with Crippen LogP contribution in [0.15, 0.2) is 53.0 Å². The topological polar surface area (TPSA) is 27.6 Å². The second-order valence-corrected chi connectivity index (χ2v) is 6.96. The molecule has 2 aromatic carbocycles. The second kappa shape index (κ2) is 6.12. The van der Waals surface area contributed by atoms with Crippen molar-refractivity contribution in [2.24, 2.45) is 4.99 Å². The van der Waals surface area contributed by atoms with E-state index in [-0.39, 0.29) is 5.82 Å². The van der Waals surface area contributed by atoms with Gasteiger partial charge in [0.15, 0.2) is 0 Å². The van der Waals surface area contributed by atoms with E-state index >= 15 is 0 Å². The molecule has 2 aliphatic heterocycles. The Morgan fingerprint density at radius 1 is 1.16 bits per heavy atom. The Kier molecular flexibility index (Phi) is 3.92. The van der Waals surface area contributed by atoms with Gasteiger partial charge in [-0.1, -0.05) is 12.1 Å². The number of halogens is 1. The van der Waals surface area contributed by atoms with Crippen LogP contribution in [-0.2, 0) is 0 Å². The predicted molar refractivity (Wildman–Crippen MR) is 102 cm³/mol. The number of benzene rings is 2. The molecule has 0 bridgehead atoms. The van der Waals surface area contributed by atoms with Crippen LogP contribution in [0.2, 0.25) is 0 Å². The fourth-order valence-corrected chi connectivity index (χ4v) is 3.43. The average Bonchev–Trinajstić information content (AvgIpc) is 2.74. The average molecular weight is 335 g/mol. The highest BCUT2D eigenvalue weighted by Crippen LogP contribution is 2.37. The molecule has 0 amide bonds. The summed E-state index contributed by atoms with van der Waals surface area (Å²) in [6.45, 7) is 5.22. The van der Waals surface area contributed by atoms with Gasteiger partial charge in [-0.2, -0.15) is 0 Å². The predicted octanol–water partition coefficient (Wildman–Crippen LogP) is 4.96. The lowest BCUT2D eigenvalue weighted by atomic mass is 9.93. The Balaban J connectivity index is 1.93. The molecule has 2 aliphatic rings. The van der Waals surface area contributed by atoms with Crippen molar-refractivity contribution in [2.75, 3.05) is 18.9 Å². The number of rotatable bonds is 1.